The molecule has 204 valence electrons. The van der Waals surface area contributed by atoms with Crippen LogP contribution in [0.5, 0.6) is 17.2 Å². The first-order chi connectivity index (χ1) is 18.9. The Labute approximate surface area is 228 Å². The second kappa shape index (κ2) is 12.2. The van der Waals surface area contributed by atoms with Crippen molar-refractivity contribution in [1.29, 1.82) is 0 Å². The molecule has 0 saturated carbocycles. The van der Waals surface area contributed by atoms with E-state index >= 15 is 0 Å². The molecule has 4 bridgehead atoms. The summed E-state index contributed by atoms with van der Waals surface area (Å²) < 4.78 is 17.5. The van der Waals surface area contributed by atoms with Gasteiger partial charge in [-0.1, -0.05) is 24.3 Å². The maximum Gasteiger partial charge on any atom is 0.258 e. The third-order valence-electron chi connectivity index (χ3n) is 6.97. The molecular weight excluding hydrogens is 496 g/mol. The number of aromatic nitrogens is 1. The maximum absolute atomic E-state index is 13.0. The summed E-state index contributed by atoms with van der Waals surface area (Å²) in [6, 6.07) is 17.1. The number of pyridine rings is 1. The van der Waals surface area contributed by atoms with Gasteiger partial charge in [0.1, 0.15) is 11.9 Å². The molecule has 2 N–H and O–H groups in total. The quantitative estimate of drug-likeness (QED) is 0.537. The number of fused-ring (bicyclic) bond motifs is 9. The molecule has 0 aliphatic carbocycles. The van der Waals surface area contributed by atoms with E-state index in [2.05, 4.69) is 26.6 Å². The third-order valence-corrected chi connectivity index (χ3v) is 6.97. The summed E-state index contributed by atoms with van der Waals surface area (Å²) in [5, 5.41) is 6.09. The van der Waals surface area contributed by atoms with Crippen LogP contribution < -0.4 is 24.8 Å². The van der Waals surface area contributed by atoms with Gasteiger partial charge >= 0.3 is 0 Å². The van der Waals surface area contributed by atoms with Gasteiger partial charge in [0.05, 0.1) is 18.8 Å². The van der Waals surface area contributed by atoms with Gasteiger partial charge in [0.2, 0.25) is 5.91 Å². The van der Waals surface area contributed by atoms with E-state index in [1.54, 1.807) is 13.2 Å². The Morgan fingerprint density at radius 3 is 2.59 bits per heavy atom. The molecule has 39 heavy (non-hydrogen) atoms. The van der Waals surface area contributed by atoms with Gasteiger partial charge in [-0.25, -0.2) is 0 Å². The highest BCUT2D eigenvalue weighted by atomic mass is 16.5. The van der Waals surface area contributed by atoms with Gasteiger partial charge in [0.15, 0.2) is 18.1 Å². The van der Waals surface area contributed by atoms with Crippen LogP contribution in [0.1, 0.15) is 28.8 Å². The van der Waals surface area contributed by atoms with Gasteiger partial charge in [-0.2, -0.15) is 0 Å². The summed E-state index contributed by atoms with van der Waals surface area (Å²) in [5.41, 5.74) is 3.97. The first-order valence-electron chi connectivity index (χ1n) is 13.2. The van der Waals surface area contributed by atoms with Crippen LogP contribution in [-0.4, -0.2) is 60.7 Å². The Morgan fingerprint density at radius 2 is 1.82 bits per heavy atom. The van der Waals surface area contributed by atoms with Crippen molar-refractivity contribution >= 4 is 11.8 Å². The molecule has 3 aromatic rings. The van der Waals surface area contributed by atoms with Gasteiger partial charge in [-0.05, 0) is 60.4 Å². The molecule has 2 atom stereocenters. The van der Waals surface area contributed by atoms with Gasteiger partial charge < -0.3 is 24.8 Å². The molecule has 2 amide bonds. The molecule has 1 fully saturated rings. The van der Waals surface area contributed by atoms with Crippen molar-refractivity contribution in [2.45, 2.75) is 45.0 Å². The molecule has 9 heteroatoms. The zero-order chi connectivity index (χ0) is 27.2. The van der Waals surface area contributed by atoms with Gasteiger partial charge in [0.25, 0.3) is 5.91 Å². The van der Waals surface area contributed by atoms with E-state index in [0.29, 0.717) is 56.3 Å². The average molecular weight is 531 g/mol. The van der Waals surface area contributed by atoms with Crippen LogP contribution in [0.2, 0.25) is 0 Å². The summed E-state index contributed by atoms with van der Waals surface area (Å²) in [6.07, 6.45) is 2.49. The lowest BCUT2D eigenvalue weighted by Gasteiger charge is -2.21. The summed E-state index contributed by atoms with van der Waals surface area (Å²) in [4.78, 5) is 32.3. The lowest BCUT2D eigenvalue weighted by molar-refractivity contribution is -0.123. The van der Waals surface area contributed by atoms with Crippen molar-refractivity contribution in [3.8, 4) is 17.2 Å². The van der Waals surface area contributed by atoms with Crippen molar-refractivity contribution in [2.75, 3.05) is 26.8 Å². The molecule has 0 unspecified atom stereocenters. The van der Waals surface area contributed by atoms with Crippen molar-refractivity contribution in [3.63, 3.8) is 0 Å². The number of hydrogen-bond donors (Lipinski definition) is 2. The molecule has 0 spiro atoms. The van der Waals surface area contributed by atoms with Crippen LogP contribution in [0.3, 0.4) is 0 Å². The largest absolute Gasteiger partial charge is 0.493 e. The highest BCUT2D eigenvalue weighted by Crippen LogP contribution is 2.29. The minimum atomic E-state index is -0.239. The molecular formula is C30H34N4O5. The number of methoxy groups -OCH3 is 1. The number of nitrogens with zero attached hydrogens (tertiary/aromatic N) is 2. The van der Waals surface area contributed by atoms with Crippen LogP contribution in [0.25, 0.3) is 0 Å². The molecule has 0 radical (unpaired) electrons. The first-order valence-corrected chi connectivity index (χ1v) is 13.2. The van der Waals surface area contributed by atoms with E-state index in [0.717, 1.165) is 22.4 Å². The second-order valence-electron chi connectivity index (χ2n) is 10.0. The van der Waals surface area contributed by atoms with E-state index in [1.807, 2.05) is 55.6 Å². The minimum absolute atomic E-state index is 0.0464. The summed E-state index contributed by atoms with van der Waals surface area (Å²) >= 11 is 0. The van der Waals surface area contributed by atoms with E-state index in [9.17, 15) is 9.59 Å². The topological polar surface area (TPSA) is 102 Å². The Morgan fingerprint density at radius 1 is 1.00 bits per heavy atom. The van der Waals surface area contributed by atoms with E-state index < -0.39 is 0 Å². The molecule has 4 heterocycles. The first kappa shape index (κ1) is 26.5. The molecule has 1 saturated heterocycles. The van der Waals surface area contributed by atoms with Crippen molar-refractivity contribution in [1.82, 2.24) is 20.5 Å². The molecule has 9 nitrogen and oxygen atoms in total. The molecule has 1 aromatic heterocycles. The number of carbonyl (C=O) groups is 2. The highest BCUT2D eigenvalue weighted by Gasteiger charge is 2.35. The monoisotopic (exact) mass is 530 g/mol. The lowest BCUT2D eigenvalue weighted by atomic mass is 10.1. The summed E-state index contributed by atoms with van der Waals surface area (Å²) in [7, 11) is 1.55. The number of likely N-dealkylation sites (tertiary alicyclic amines) is 1. The van der Waals surface area contributed by atoms with Gasteiger partial charge in [0, 0.05) is 38.8 Å². The SMILES string of the molecule is COc1ccc2cc1OCC(=O)NCc1ccc(cc1)O[C@H]1CN(Cc3ccc(C)cn3)C[C@@H]1NC(=O)CC2. The average Bonchev–Trinajstić information content (AvgIpc) is 3.31. The van der Waals surface area contributed by atoms with Gasteiger partial charge in [-0.3, -0.25) is 19.5 Å². The predicted octanol–water partition coefficient (Wildman–Crippen LogP) is 2.79. The Bertz CT molecular complexity index is 1300. The number of amides is 2. The number of hydrogen-bond acceptors (Lipinski definition) is 7. The number of carbonyl (C=O) groups excluding carboxylic acids is 2. The van der Waals surface area contributed by atoms with Crippen molar-refractivity contribution in [3.05, 3.63) is 83.2 Å². The lowest BCUT2D eigenvalue weighted by Crippen LogP contribution is -2.45. The van der Waals surface area contributed by atoms with Gasteiger partial charge in [-0.15, -0.1) is 0 Å². The molecule has 6 rings (SSSR count). The molecule has 3 aliphatic rings. The predicted molar refractivity (Wildman–Crippen MR) is 146 cm³/mol. The van der Waals surface area contributed by atoms with E-state index in [4.69, 9.17) is 14.2 Å². The zero-order valence-electron chi connectivity index (χ0n) is 22.3. The molecule has 3 aliphatic heterocycles. The van der Waals surface area contributed by atoms with E-state index in [1.165, 1.54) is 0 Å². The van der Waals surface area contributed by atoms with Crippen LogP contribution in [-0.2, 0) is 29.1 Å². The van der Waals surface area contributed by atoms with Crippen LogP contribution in [0.15, 0.2) is 60.8 Å². The summed E-state index contributed by atoms with van der Waals surface area (Å²) in [6.45, 7) is 4.26. The molecule has 2 aromatic carbocycles. The van der Waals surface area contributed by atoms with Crippen LogP contribution >= 0.6 is 0 Å². The number of aryl methyl sites for hydroxylation is 2. The van der Waals surface area contributed by atoms with Crippen LogP contribution in [0.4, 0.5) is 0 Å². The normalized spacial score (nSPS) is 20.4. The van der Waals surface area contributed by atoms with Crippen LogP contribution in [0, 0.1) is 6.92 Å². The maximum atomic E-state index is 13.0. The van der Waals surface area contributed by atoms with E-state index in [-0.39, 0.29) is 30.6 Å². The smallest absolute Gasteiger partial charge is 0.258 e. The Hall–Kier alpha value is -4.11. The van der Waals surface area contributed by atoms with Crippen molar-refractivity contribution in [2.24, 2.45) is 0 Å². The fourth-order valence-electron chi connectivity index (χ4n) is 4.84. The Balaban J connectivity index is 1.35. The third kappa shape index (κ3) is 7.06. The highest BCUT2D eigenvalue weighted by molar-refractivity contribution is 5.78. The minimum Gasteiger partial charge on any atom is -0.493 e. The number of benzene rings is 2. The summed E-state index contributed by atoms with van der Waals surface area (Å²) in [5.74, 6) is 1.44. The number of rotatable bonds is 3. The standard InChI is InChI=1S/C30H34N4O5/c1-20-3-8-23(31-14-20)16-34-17-25-28(18-34)39-24-9-4-22(5-10-24)15-32-30(36)19-38-27-13-21(6-11-26(27)37-2)7-12-29(35)33-25/h3-6,8-11,13-14,25,28H,7,12,15-19H2,1-2H3,(H,32,36)(H,33,35)/t25-,28-/m0/s1. The zero-order valence-corrected chi connectivity index (χ0v) is 22.3. The Kier molecular flexibility index (Phi) is 8.27. The number of nitrogens with one attached hydrogen (secondary N) is 2. The second-order valence-corrected chi connectivity index (χ2v) is 10.0. The van der Waals surface area contributed by atoms with Crippen molar-refractivity contribution < 1.29 is 23.8 Å². The fraction of sp³-hybridized carbons (Fsp3) is 0.367. The number of ether oxygens (including phenoxy) is 3. The fourth-order valence-corrected chi connectivity index (χ4v) is 4.84.